The standard InChI is InChI=1S/C26H22FN3O4S/c1-17-22(23-14-20(27)10-11-24(23)30(17)16-26(31)34-2)13-19-7-3-4-9-25(19)35(32,33)29-21-8-5-6-18(12-21)15-28/h3-12,14,29H,13,16H2,1-2H3. The van der Waals surface area contributed by atoms with E-state index in [1.54, 1.807) is 54.0 Å². The van der Waals surface area contributed by atoms with Crippen LogP contribution in [0.1, 0.15) is 22.4 Å². The van der Waals surface area contributed by atoms with Crippen LogP contribution in [0.15, 0.2) is 71.6 Å². The number of fused-ring (bicyclic) bond motifs is 1. The highest BCUT2D eigenvalue weighted by molar-refractivity contribution is 7.92. The highest BCUT2D eigenvalue weighted by atomic mass is 32.2. The Bertz CT molecular complexity index is 1590. The summed E-state index contributed by atoms with van der Waals surface area (Å²) in [5.74, 6) is -0.887. The van der Waals surface area contributed by atoms with Crippen molar-refractivity contribution in [3.05, 3.63) is 94.9 Å². The number of halogens is 1. The van der Waals surface area contributed by atoms with Crippen molar-refractivity contribution < 1.29 is 22.3 Å². The molecule has 0 saturated heterocycles. The Morgan fingerprint density at radius 2 is 1.89 bits per heavy atom. The Morgan fingerprint density at radius 3 is 2.63 bits per heavy atom. The molecule has 0 bridgehead atoms. The number of hydrogen-bond donors (Lipinski definition) is 1. The van der Waals surface area contributed by atoms with Gasteiger partial charge in [0, 0.05) is 23.0 Å². The molecule has 1 heterocycles. The molecule has 0 amide bonds. The van der Waals surface area contributed by atoms with Crippen molar-refractivity contribution in [2.24, 2.45) is 0 Å². The summed E-state index contributed by atoms with van der Waals surface area (Å²) >= 11 is 0. The number of aromatic nitrogens is 1. The van der Waals surface area contributed by atoms with Crippen molar-refractivity contribution in [3.63, 3.8) is 0 Å². The van der Waals surface area contributed by atoms with E-state index < -0.39 is 21.8 Å². The van der Waals surface area contributed by atoms with Crippen LogP contribution in [0.25, 0.3) is 10.9 Å². The Morgan fingerprint density at radius 1 is 1.11 bits per heavy atom. The van der Waals surface area contributed by atoms with Crippen molar-refractivity contribution in [1.82, 2.24) is 4.57 Å². The number of nitrogens with one attached hydrogen (secondary N) is 1. The molecule has 4 rings (SSSR count). The minimum absolute atomic E-state index is 0.0544. The number of sulfonamides is 1. The van der Waals surface area contributed by atoms with Gasteiger partial charge in [-0.1, -0.05) is 24.3 Å². The lowest BCUT2D eigenvalue weighted by Crippen LogP contribution is -2.15. The first kappa shape index (κ1) is 24.0. The Labute approximate surface area is 202 Å². The second-order valence-electron chi connectivity index (χ2n) is 7.97. The first-order valence-electron chi connectivity index (χ1n) is 10.7. The van der Waals surface area contributed by atoms with Crippen LogP contribution in [0.5, 0.6) is 0 Å². The molecule has 35 heavy (non-hydrogen) atoms. The maximum atomic E-state index is 14.2. The lowest BCUT2D eigenvalue weighted by Gasteiger charge is -2.13. The van der Waals surface area contributed by atoms with Crippen LogP contribution in [-0.2, 0) is 32.5 Å². The number of hydrogen-bond acceptors (Lipinski definition) is 5. The molecule has 3 aromatic carbocycles. The number of nitrogens with zero attached hydrogens (tertiary/aromatic N) is 2. The van der Waals surface area contributed by atoms with Gasteiger partial charge >= 0.3 is 5.97 Å². The monoisotopic (exact) mass is 491 g/mol. The number of carbonyl (C=O) groups is 1. The molecule has 0 aliphatic carbocycles. The molecule has 0 fully saturated rings. The van der Waals surface area contributed by atoms with Crippen molar-refractivity contribution in [1.29, 1.82) is 5.26 Å². The van der Waals surface area contributed by atoms with Crippen molar-refractivity contribution in [2.45, 2.75) is 24.8 Å². The fraction of sp³-hybridized carbons (Fsp3) is 0.154. The summed E-state index contributed by atoms with van der Waals surface area (Å²) in [5, 5.41) is 9.70. The molecule has 0 radical (unpaired) electrons. The van der Waals surface area contributed by atoms with E-state index in [1.807, 2.05) is 6.07 Å². The number of rotatable bonds is 7. The average molecular weight is 492 g/mol. The molecule has 7 nitrogen and oxygen atoms in total. The second kappa shape index (κ2) is 9.60. The van der Waals surface area contributed by atoms with E-state index in [1.165, 1.54) is 31.4 Å². The third-order valence-corrected chi connectivity index (χ3v) is 7.29. The molecule has 1 aromatic heterocycles. The summed E-state index contributed by atoms with van der Waals surface area (Å²) in [7, 11) is -2.70. The molecule has 0 unspecified atom stereocenters. The number of benzene rings is 3. The molecule has 0 spiro atoms. The number of esters is 1. The van der Waals surface area contributed by atoms with Crippen LogP contribution >= 0.6 is 0 Å². The highest BCUT2D eigenvalue weighted by Gasteiger charge is 2.22. The smallest absolute Gasteiger partial charge is 0.325 e. The van der Waals surface area contributed by atoms with Crippen LogP contribution in [0, 0.1) is 24.1 Å². The SMILES string of the molecule is COC(=O)Cn1c(C)c(Cc2ccccc2S(=O)(=O)Nc2cccc(C#N)c2)c2cc(F)ccc21. The number of methoxy groups -OCH3 is 1. The summed E-state index contributed by atoms with van der Waals surface area (Å²) in [6.07, 6.45) is 0.190. The Hall–Kier alpha value is -4.16. The minimum Gasteiger partial charge on any atom is -0.468 e. The van der Waals surface area contributed by atoms with Crippen LogP contribution in [-0.4, -0.2) is 26.1 Å². The Balaban J connectivity index is 1.78. The maximum absolute atomic E-state index is 14.2. The van der Waals surface area contributed by atoms with Gasteiger partial charge in [-0.15, -0.1) is 0 Å². The topological polar surface area (TPSA) is 101 Å². The predicted molar refractivity (Wildman–Crippen MR) is 130 cm³/mol. The van der Waals surface area contributed by atoms with Gasteiger partial charge in [0.15, 0.2) is 0 Å². The van der Waals surface area contributed by atoms with Crippen LogP contribution in [0.3, 0.4) is 0 Å². The third kappa shape index (κ3) is 4.88. The van der Waals surface area contributed by atoms with E-state index in [9.17, 15) is 17.6 Å². The van der Waals surface area contributed by atoms with Gasteiger partial charge in [0.2, 0.25) is 0 Å². The van der Waals surface area contributed by atoms with E-state index in [2.05, 4.69) is 4.72 Å². The molecule has 0 aliphatic rings. The van der Waals surface area contributed by atoms with Gasteiger partial charge in [-0.3, -0.25) is 9.52 Å². The lowest BCUT2D eigenvalue weighted by atomic mass is 10.0. The largest absolute Gasteiger partial charge is 0.468 e. The van der Waals surface area contributed by atoms with Crippen LogP contribution in [0.2, 0.25) is 0 Å². The molecule has 1 N–H and O–H groups in total. The fourth-order valence-electron chi connectivity index (χ4n) is 4.11. The first-order valence-corrected chi connectivity index (χ1v) is 12.2. The van der Waals surface area contributed by atoms with Crippen LogP contribution < -0.4 is 4.72 Å². The maximum Gasteiger partial charge on any atom is 0.325 e. The van der Waals surface area contributed by atoms with E-state index >= 15 is 0 Å². The third-order valence-electron chi connectivity index (χ3n) is 5.80. The summed E-state index contributed by atoms with van der Waals surface area (Å²) in [6, 6.07) is 19.0. The molecule has 0 saturated carbocycles. The summed E-state index contributed by atoms with van der Waals surface area (Å²) in [6.45, 7) is 1.75. The summed E-state index contributed by atoms with van der Waals surface area (Å²) in [4.78, 5) is 12.1. The number of nitriles is 1. The summed E-state index contributed by atoms with van der Waals surface area (Å²) in [5.41, 5.74) is 3.16. The fourth-order valence-corrected chi connectivity index (χ4v) is 5.40. The van der Waals surface area contributed by atoms with Crippen LogP contribution in [0.4, 0.5) is 10.1 Å². The zero-order valence-electron chi connectivity index (χ0n) is 19.1. The number of anilines is 1. The number of ether oxygens (including phenoxy) is 1. The average Bonchev–Trinajstić information content (AvgIpc) is 3.09. The zero-order chi connectivity index (χ0) is 25.2. The molecule has 4 aromatic rings. The van der Waals surface area contributed by atoms with E-state index in [-0.39, 0.29) is 23.5 Å². The van der Waals surface area contributed by atoms with Crippen molar-refractivity contribution >= 4 is 32.6 Å². The van der Waals surface area contributed by atoms with E-state index in [0.717, 1.165) is 0 Å². The van der Waals surface area contributed by atoms with Gasteiger partial charge in [0.05, 0.1) is 29.3 Å². The van der Waals surface area contributed by atoms with Gasteiger partial charge < -0.3 is 9.30 Å². The quantitative estimate of drug-likeness (QED) is 0.383. The van der Waals surface area contributed by atoms with E-state index in [0.29, 0.717) is 33.3 Å². The van der Waals surface area contributed by atoms with Gasteiger partial charge in [-0.2, -0.15) is 5.26 Å². The second-order valence-corrected chi connectivity index (χ2v) is 9.62. The van der Waals surface area contributed by atoms with Crippen molar-refractivity contribution in [3.8, 4) is 6.07 Å². The Kier molecular flexibility index (Phi) is 6.58. The molecular formula is C26H22FN3O4S. The zero-order valence-corrected chi connectivity index (χ0v) is 19.9. The lowest BCUT2D eigenvalue weighted by molar-refractivity contribution is -0.141. The molecule has 0 aliphatic heterocycles. The van der Waals surface area contributed by atoms with Crippen molar-refractivity contribution in [2.75, 3.05) is 11.8 Å². The molecule has 178 valence electrons. The molecular weight excluding hydrogens is 469 g/mol. The predicted octanol–water partition coefficient (Wildman–Crippen LogP) is 4.53. The molecule has 9 heteroatoms. The molecule has 0 atom stereocenters. The highest BCUT2D eigenvalue weighted by Crippen LogP contribution is 2.31. The van der Waals surface area contributed by atoms with Gasteiger partial charge in [-0.25, -0.2) is 12.8 Å². The van der Waals surface area contributed by atoms with Gasteiger partial charge in [0.25, 0.3) is 10.0 Å². The normalized spacial score (nSPS) is 11.3. The number of carbonyl (C=O) groups excluding carboxylic acids is 1. The van der Waals surface area contributed by atoms with Gasteiger partial charge in [-0.05, 0) is 60.5 Å². The summed E-state index contributed by atoms with van der Waals surface area (Å²) < 4.78 is 49.8. The van der Waals surface area contributed by atoms with Gasteiger partial charge in [0.1, 0.15) is 12.4 Å². The first-order chi connectivity index (χ1) is 16.7. The minimum atomic E-state index is -3.99. The van der Waals surface area contributed by atoms with E-state index in [4.69, 9.17) is 10.00 Å².